The molecule has 0 bridgehead atoms. The van der Waals surface area contributed by atoms with Gasteiger partial charge in [0.15, 0.2) is 0 Å². The molecule has 12 heteroatoms. The summed E-state index contributed by atoms with van der Waals surface area (Å²) < 4.78 is 34.2. The highest BCUT2D eigenvalue weighted by Crippen LogP contribution is 2.36. The van der Waals surface area contributed by atoms with Crippen molar-refractivity contribution in [3.05, 3.63) is 107 Å². The van der Waals surface area contributed by atoms with Crippen molar-refractivity contribution in [1.29, 1.82) is 0 Å². The third-order valence-corrected chi connectivity index (χ3v) is 8.32. The summed E-state index contributed by atoms with van der Waals surface area (Å²) in [6.45, 7) is 0.348. The summed E-state index contributed by atoms with van der Waals surface area (Å²) in [5.41, 5.74) is 1.90. The molecule has 0 aliphatic rings. The molecule has 0 radical (unpaired) electrons. The first-order valence-corrected chi connectivity index (χ1v) is 13.8. The fourth-order valence-corrected chi connectivity index (χ4v) is 5.86. The zero-order valence-electron chi connectivity index (χ0n) is 20.0. The van der Waals surface area contributed by atoms with Crippen LogP contribution < -0.4 is 20.1 Å². The molecule has 10 nitrogen and oxygen atoms in total. The SMILES string of the molecule is O=C(NCCNS(=O)(=O)c1ccc(-c2ccccc2OCc2ccccc2)s1)Nc1cccc([N+](=O)[O-])c1. The number of rotatable bonds is 11. The molecule has 0 fully saturated rings. The lowest BCUT2D eigenvalue weighted by molar-refractivity contribution is -0.384. The number of hydrogen-bond donors (Lipinski definition) is 3. The number of para-hydroxylation sites is 1. The Hall–Kier alpha value is -4.26. The number of nitrogens with one attached hydrogen (secondary N) is 3. The second-order valence-electron chi connectivity index (χ2n) is 7.98. The van der Waals surface area contributed by atoms with E-state index in [1.54, 1.807) is 6.07 Å². The summed E-state index contributed by atoms with van der Waals surface area (Å²) in [6.07, 6.45) is 0. The van der Waals surface area contributed by atoms with Crippen molar-refractivity contribution in [1.82, 2.24) is 10.0 Å². The van der Waals surface area contributed by atoms with Crippen molar-refractivity contribution in [3.63, 3.8) is 0 Å². The van der Waals surface area contributed by atoms with Crippen LogP contribution in [0.4, 0.5) is 16.2 Å². The number of nitro benzene ring substituents is 1. The first-order valence-electron chi connectivity index (χ1n) is 11.5. The molecule has 0 unspecified atom stereocenters. The van der Waals surface area contributed by atoms with Crippen LogP contribution >= 0.6 is 11.3 Å². The summed E-state index contributed by atoms with van der Waals surface area (Å²) in [7, 11) is -3.81. The number of sulfonamides is 1. The van der Waals surface area contributed by atoms with Crippen LogP contribution in [-0.4, -0.2) is 32.5 Å². The first-order chi connectivity index (χ1) is 18.3. The van der Waals surface area contributed by atoms with Crippen LogP contribution in [-0.2, 0) is 16.6 Å². The number of carbonyl (C=O) groups excluding carboxylic acids is 1. The monoisotopic (exact) mass is 552 g/mol. The minimum Gasteiger partial charge on any atom is -0.488 e. The highest BCUT2D eigenvalue weighted by molar-refractivity contribution is 7.91. The van der Waals surface area contributed by atoms with E-state index in [0.29, 0.717) is 12.4 Å². The number of non-ortho nitro benzene ring substituents is 1. The maximum atomic E-state index is 12.8. The lowest BCUT2D eigenvalue weighted by Gasteiger charge is -2.10. The molecule has 2 amide bonds. The first kappa shape index (κ1) is 26.8. The van der Waals surface area contributed by atoms with Gasteiger partial charge in [-0.3, -0.25) is 10.1 Å². The van der Waals surface area contributed by atoms with Crippen LogP contribution in [0.1, 0.15) is 5.56 Å². The van der Waals surface area contributed by atoms with Gasteiger partial charge in [0.1, 0.15) is 16.6 Å². The summed E-state index contributed by atoms with van der Waals surface area (Å²) in [5, 5.41) is 15.8. The van der Waals surface area contributed by atoms with Crippen LogP contribution in [0.15, 0.2) is 95.2 Å². The number of anilines is 1. The van der Waals surface area contributed by atoms with Gasteiger partial charge < -0.3 is 15.4 Å². The number of nitro groups is 1. The van der Waals surface area contributed by atoms with Crippen molar-refractivity contribution in [2.24, 2.45) is 0 Å². The van der Waals surface area contributed by atoms with Crippen LogP contribution in [0.3, 0.4) is 0 Å². The smallest absolute Gasteiger partial charge is 0.319 e. The van der Waals surface area contributed by atoms with Crippen molar-refractivity contribution in [2.45, 2.75) is 10.8 Å². The van der Waals surface area contributed by atoms with Crippen LogP contribution in [0.2, 0.25) is 0 Å². The van der Waals surface area contributed by atoms with Gasteiger partial charge in [0.2, 0.25) is 10.0 Å². The van der Waals surface area contributed by atoms with Gasteiger partial charge in [-0.1, -0.05) is 48.5 Å². The highest BCUT2D eigenvalue weighted by atomic mass is 32.2. The molecule has 1 aromatic heterocycles. The highest BCUT2D eigenvalue weighted by Gasteiger charge is 2.18. The average Bonchev–Trinajstić information content (AvgIpc) is 3.42. The topological polar surface area (TPSA) is 140 Å². The minimum atomic E-state index is -3.81. The molecule has 196 valence electrons. The molecule has 3 N–H and O–H groups in total. The molecule has 38 heavy (non-hydrogen) atoms. The third-order valence-electron chi connectivity index (χ3n) is 5.25. The summed E-state index contributed by atoms with van der Waals surface area (Å²) >= 11 is 1.11. The molecule has 1 heterocycles. The van der Waals surface area contributed by atoms with Gasteiger partial charge in [-0.25, -0.2) is 17.9 Å². The van der Waals surface area contributed by atoms with E-state index in [1.807, 2.05) is 54.6 Å². The Bertz CT molecular complexity index is 1520. The molecule has 0 aliphatic carbocycles. The van der Waals surface area contributed by atoms with Gasteiger partial charge in [-0.05, 0) is 35.9 Å². The lowest BCUT2D eigenvalue weighted by Crippen LogP contribution is -2.36. The van der Waals surface area contributed by atoms with Gasteiger partial charge in [0.05, 0.1) is 4.92 Å². The average molecular weight is 553 g/mol. The molecule has 0 spiro atoms. The Kier molecular flexibility index (Phi) is 8.69. The number of hydrogen-bond acceptors (Lipinski definition) is 7. The largest absolute Gasteiger partial charge is 0.488 e. The maximum Gasteiger partial charge on any atom is 0.319 e. The second kappa shape index (κ2) is 12.3. The van der Waals surface area contributed by atoms with Gasteiger partial charge in [-0.2, -0.15) is 0 Å². The molecule has 4 aromatic rings. The standard InChI is InChI=1S/C26H24N4O6S2/c31-26(29-20-9-6-10-21(17-20)30(32)33)27-15-16-28-38(34,35)25-14-13-24(37-25)22-11-4-5-12-23(22)36-18-19-7-2-1-3-8-19/h1-14,17,28H,15-16,18H2,(H2,27,29,31). The van der Waals surface area contributed by atoms with E-state index >= 15 is 0 Å². The Balaban J connectivity index is 1.31. The maximum absolute atomic E-state index is 12.8. The van der Waals surface area contributed by atoms with E-state index in [2.05, 4.69) is 15.4 Å². The molecule has 0 saturated carbocycles. The zero-order chi connectivity index (χ0) is 27.0. The summed E-state index contributed by atoms with van der Waals surface area (Å²) in [5.74, 6) is 0.647. The van der Waals surface area contributed by atoms with Crippen molar-refractivity contribution in [3.8, 4) is 16.2 Å². The Morgan fingerprint density at radius 1 is 0.921 bits per heavy atom. The summed E-state index contributed by atoms with van der Waals surface area (Å²) in [4.78, 5) is 23.1. The van der Waals surface area contributed by atoms with Crippen molar-refractivity contribution in [2.75, 3.05) is 18.4 Å². The molecule has 0 saturated heterocycles. The predicted octanol–water partition coefficient (Wildman–Crippen LogP) is 5.00. The van der Waals surface area contributed by atoms with Gasteiger partial charge in [0.25, 0.3) is 5.69 Å². The number of carbonyl (C=O) groups is 1. The van der Waals surface area contributed by atoms with E-state index in [4.69, 9.17) is 4.74 Å². The van der Waals surface area contributed by atoms with Gasteiger partial charge in [0, 0.05) is 41.4 Å². The molecule has 0 atom stereocenters. The number of amides is 2. The number of ether oxygens (including phenoxy) is 1. The lowest BCUT2D eigenvalue weighted by atomic mass is 10.1. The van der Waals surface area contributed by atoms with Crippen LogP contribution in [0.25, 0.3) is 10.4 Å². The normalized spacial score (nSPS) is 11.1. The Morgan fingerprint density at radius 2 is 1.68 bits per heavy atom. The molecule has 0 aliphatic heterocycles. The van der Waals surface area contributed by atoms with Crippen molar-refractivity contribution >= 4 is 38.8 Å². The predicted molar refractivity (Wildman–Crippen MR) is 146 cm³/mol. The van der Waals surface area contributed by atoms with E-state index in [0.717, 1.165) is 27.3 Å². The van der Waals surface area contributed by atoms with Gasteiger partial charge in [-0.15, -0.1) is 11.3 Å². The van der Waals surface area contributed by atoms with E-state index in [-0.39, 0.29) is 28.7 Å². The Labute approximate surface area is 223 Å². The fraction of sp³-hybridized carbons (Fsp3) is 0.115. The van der Waals surface area contributed by atoms with Crippen LogP contribution in [0, 0.1) is 10.1 Å². The molecular formula is C26H24N4O6S2. The molecule has 3 aromatic carbocycles. The molecular weight excluding hydrogens is 528 g/mol. The minimum absolute atomic E-state index is 0.00832. The number of urea groups is 1. The quantitative estimate of drug-likeness (QED) is 0.136. The fourth-order valence-electron chi connectivity index (χ4n) is 3.45. The third kappa shape index (κ3) is 7.16. The van der Waals surface area contributed by atoms with Crippen molar-refractivity contribution < 1.29 is 22.9 Å². The van der Waals surface area contributed by atoms with Gasteiger partial charge >= 0.3 is 6.03 Å². The number of nitrogens with zero attached hydrogens (tertiary/aromatic N) is 1. The number of benzene rings is 3. The van der Waals surface area contributed by atoms with Crippen LogP contribution in [0.5, 0.6) is 5.75 Å². The van der Waals surface area contributed by atoms with E-state index in [9.17, 15) is 23.3 Å². The number of thiophene rings is 1. The zero-order valence-corrected chi connectivity index (χ0v) is 21.6. The summed E-state index contributed by atoms with van der Waals surface area (Å²) in [6, 6.07) is 25.3. The van der Waals surface area contributed by atoms with E-state index < -0.39 is 21.0 Å². The molecule has 4 rings (SSSR count). The Morgan fingerprint density at radius 3 is 2.47 bits per heavy atom. The second-order valence-corrected chi connectivity index (χ2v) is 11.1. The van der Waals surface area contributed by atoms with E-state index in [1.165, 1.54) is 30.3 Å².